The van der Waals surface area contributed by atoms with Gasteiger partial charge in [-0.2, -0.15) is 5.26 Å². The molecule has 2 aromatic rings. The molecule has 0 saturated carbocycles. The van der Waals surface area contributed by atoms with Gasteiger partial charge in [-0.15, -0.1) is 0 Å². The number of nitriles is 1. The van der Waals surface area contributed by atoms with E-state index in [0.717, 1.165) is 5.56 Å². The van der Waals surface area contributed by atoms with Crippen LogP contribution in [0.2, 0.25) is 0 Å². The number of benzene rings is 1. The quantitative estimate of drug-likeness (QED) is 0.871. The molecule has 0 aliphatic rings. The maximum absolute atomic E-state index is 10.9. The second-order valence-electron chi connectivity index (χ2n) is 4.45. The molecule has 1 aromatic heterocycles. The summed E-state index contributed by atoms with van der Waals surface area (Å²) < 4.78 is 5.24. The van der Waals surface area contributed by atoms with Gasteiger partial charge in [-0.3, -0.25) is 0 Å². The van der Waals surface area contributed by atoms with Gasteiger partial charge in [0.2, 0.25) is 5.76 Å². The molecule has 0 spiro atoms. The Morgan fingerprint density at radius 3 is 2.85 bits per heavy atom. The number of carbonyl (C=O) groups is 1. The van der Waals surface area contributed by atoms with Crippen molar-refractivity contribution in [3.05, 3.63) is 58.5 Å². The highest BCUT2D eigenvalue weighted by Crippen LogP contribution is 2.14. The fraction of sp³-hybridized carbons (Fsp3) is 0.200. The van der Waals surface area contributed by atoms with Gasteiger partial charge in [0.1, 0.15) is 5.76 Å². The molecule has 5 heteroatoms. The van der Waals surface area contributed by atoms with Gasteiger partial charge in [0.15, 0.2) is 0 Å². The lowest BCUT2D eigenvalue weighted by molar-refractivity contribution is 0.0659. The summed E-state index contributed by atoms with van der Waals surface area (Å²) in [5.74, 6) is -0.500. The summed E-state index contributed by atoms with van der Waals surface area (Å²) in [4.78, 5) is 10.9. The van der Waals surface area contributed by atoms with E-state index >= 15 is 0 Å². The van der Waals surface area contributed by atoms with Crippen molar-refractivity contribution >= 4 is 5.97 Å². The molecular weight excluding hydrogens is 256 g/mol. The van der Waals surface area contributed by atoms with Gasteiger partial charge in [0.05, 0.1) is 18.2 Å². The zero-order valence-electron chi connectivity index (χ0n) is 11.0. The summed E-state index contributed by atoms with van der Waals surface area (Å²) in [7, 11) is 0. The largest absolute Gasteiger partial charge is 0.475 e. The van der Waals surface area contributed by atoms with Crippen LogP contribution in [0.3, 0.4) is 0 Å². The molecule has 0 atom stereocenters. The van der Waals surface area contributed by atoms with Crippen LogP contribution in [0.1, 0.15) is 33.0 Å². The third kappa shape index (κ3) is 3.25. The van der Waals surface area contributed by atoms with Crippen LogP contribution in [-0.4, -0.2) is 11.1 Å². The van der Waals surface area contributed by atoms with E-state index < -0.39 is 5.97 Å². The van der Waals surface area contributed by atoms with Crippen molar-refractivity contribution in [2.24, 2.45) is 0 Å². The van der Waals surface area contributed by atoms with E-state index in [2.05, 4.69) is 11.4 Å². The van der Waals surface area contributed by atoms with Crippen LogP contribution in [0.5, 0.6) is 0 Å². The first-order chi connectivity index (χ1) is 9.60. The van der Waals surface area contributed by atoms with Crippen LogP contribution in [0.4, 0.5) is 0 Å². The van der Waals surface area contributed by atoms with Gasteiger partial charge in [-0.05, 0) is 30.7 Å². The van der Waals surface area contributed by atoms with Gasteiger partial charge in [0.25, 0.3) is 0 Å². The molecule has 0 bridgehead atoms. The number of carboxylic acid groups (broad SMARTS) is 1. The Morgan fingerprint density at radius 2 is 2.20 bits per heavy atom. The average Bonchev–Trinajstić information content (AvgIpc) is 2.80. The van der Waals surface area contributed by atoms with Crippen LogP contribution in [0.15, 0.2) is 34.7 Å². The van der Waals surface area contributed by atoms with Crippen molar-refractivity contribution < 1.29 is 14.3 Å². The van der Waals surface area contributed by atoms with Crippen molar-refractivity contribution in [1.29, 1.82) is 5.26 Å². The van der Waals surface area contributed by atoms with E-state index in [4.69, 9.17) is 14.8 Å². The molecule has 0 unspecified atom stereocenters. The van der Waals surface area contributed by atoms with Gasteiger partial charge in [-0.25, -0.2) is 4.79 Å². The summed E-state index contributed by atoms with van der Waals surface area (Å²) in [6, 6.07) is 11.1. The smallest absolute Gasteiger partial charge is 0.372 e. The Bertz CT molecular complexity index is 668. The summed E-state index contributed by atoms with van der Waals surface area (Å²) in [6.45, 7) is 2.72. The van der Waals surface area contributed by atoms with E-state index in [1.165, 1.54) is 0 Å². The highest BCUT2D eigenvalue weighted by molar-refractivity contribution is 5.86. The fourth-order valence-corrected chi connectivity index (χ4v) is 1.93. The molecule has 0 fully saturated rings. The molecule has 20 heavy (non-hydrogen) atoms. The molecule has 102 valence electrons. The second-order valence-corrected chi connectivity index (χ2v) is 4.45. The van der Waals surface area contributed by atoms with E-state index in [9.17, 15) is 4.79 Å². The van der Waals surface area contributed by atoms with Crippen LogP contribution >= 0.6 is 0 Å². The Kier molecular flexibility index (Phi) is 4.18. The number of aryl methyl sites for hydroxylation is 1. The van der Waals surface area contributed by atoms with E-state index in [-0.39, 0.29) is 5.76 Å². The Morgan fingerprint density at radius 1 is 1.40 bits per heavy atom. The summed E-state index contributed by atoms with van der Waals surface area (Å²) in [6.07, 6.45) is 0. The molecule has 0 amide bonds. The topological polar surface area (TPSA) is 86.3 Å². The average molecular weight is 270 g/mol. The molecule has 2 N–H and O–H groups in total. The first-order valence-corrected chi connectivity index (χ1v) is 6.12. The maximum atomic E-state index is 10.9. The number of aromatic carboxylic acids is 1. The Balaban J connectivity index is 1.94. The highest BCUT2D eigenvalue weighted by atomic mass is 16.4. The maximum Gasteiger partial charge on any atom is 0.372 e. The zero-order valence-corrected chi connectivity index (χ0v) is 11.0. The van der Waals surface area contributed by atoms with Gasteiger partial charge in [0, 0.05) is 12.1 Å². The molecule has 2 rings (SSSR count). The summed E-state index contributed by atoms with van der Waals surface area (Å²) in [5.41, 5.74) is 2.22. The number of furan rings is 1. The third-order valence-electron chi connectivity index (χ3n) is 2.85. The minimum atomic E-state index is -1.06. The molecule has 0 aliphatic carbocycles. The lowest BCUT2D eigenvalue weighted by Crippen LogP contribution is -2.12. The van der Waals surface area contributed by atoms with E-state index in [1.54, 1.807) is 19.1 Å². The van der Waals surface area contributed by atoms with Gasteiger partial charge < -0.3 is 14.8 Å². The van der Waals surface area contributed by atoms with Gasteiger partial charge in [-0.1, -0.05) is 12.1 Å². The molecular formula is C15H14N2O3. The van der Waals surface area contributed by atoms with Crippen LogP contribution in [-0.2, 0) is 13.1 Å². The normalized spacial score (nSPS) is 10.2. The summed E-state index contributed by atoms with van der Waals surface area (Å²) >= 11 is 0. The van der Waals surface area contributed by atoms with Gasteiger partial charge >= 0.3 is 5.97 Å². The monoisotopic (exact) mass is 270 g/mol. The zero-order chi connectivity index (χ0) is 14.5. The molecule has 0 aliphatic heterocycles. The van der Waals surface area contributed by atoms with Crippen molar-refractivity contribution in [2.45, 2.75) is 20.0 Å². The number of nitrogens with zero attached hydrogens (tertiary/aromatic N) is 1. The number of nitrogens with one attached hydrogen (secondary N) is 1. The lowest BCUT2D eigenvalue weighted by Gasteiger charge is -2.03. The number of rotatable bonds is 5. The number of hydrogen-bond acceptors (Lipinski definition) is 4. The second kappa shape index (κ2) is 6.04. The van der Waals surface area contributed by atoms with Crippen LogP contribution in [0, 0.1) is 18.3 Å². The first kappa shape index (κ1) is 13.8. The minimum Gasteiger partial charge on any atom is -0.475 e. The van der Waals surface area contributed by atoms with Crippen molar-refractivity contribution in [1.82, 2.24) is 5.32 Å². The Hall–Kier alpha value is -2.58. The van der Waals surface area contributed by atoms with E-state index in [1.807, 2.05) is 18.2 Å². The van der Waals surface area contributed by atoms with Crippen molar-refractivity contribution in [3.63, 3.8) is 0 Å². The highest BCUT2D eigenvalue weighted by Gasteiger charge is 2.13. The number of hydrogen-bond donors (Lipinski definition) is 2. The number of carboxylic acids is 1. The molecule has 1 heterocycles. The fourth-order valence-electron chi connectivity index (χ4n) is 1.93. The molecule has 1 aromatic carbocycles. The molecule has 0 radical (unpaired) electrons. The van der Waals surface area contributed by atoms with Crippen molar-refractivity contribution in [3.8, 4) is 6.07 Å². The standard InChI is InChI=1S/C15H14N2O3/c1-10-5-13(20-14(10)15(18)19)9-17-8-12-4-2-3-11(6-12)7-16/h2-6,17H,8-9H2,1H3,(H,18,19). The Labute approximate surface area is 116 Å². The molecule has 5 nitrogen and oxygen atoms in total. The predicted octanol–water partition coefficient (Wildman–Crippen LogP) is 2.45. The first-order valence-electron chi connectivity index (χ1n) is 6.12. The SMILES string of the molecule is Cc1cc(CNCc2cccc(C#N)c2)oc1C(=O)O. The summed E-state index contributed by atoms with van der Waals surface area (Å²) in [5, 5.41) is 20.9. The lowest BCUT2D eigenvalue weighted by atomic mass is 10.1. The molecule has 0 saturated heterocycles. The van der Waals surface area contributed by atoms with Crippen LogP contribution in [0.25, 0.3) is 0 Å². The predicted molar refractivity (Wildman–Crippen MR) is 72.1 cm³/mol. The minimum absolute atomic E-state index is 0.0201. The van der Waals surface area contributed by atoms with Crippen LogP contribution < -0.4 is 5.32 Å². The van der Waals surface area contributed by atoms with Crippen molar-refractivity contribution in [2.75, 3.05) is 0 Å². The third-order valence-corrected chi connectivity index (χ3v) is 2.85. The van der Waals surface area contributed by atoms with E-state index in [0.29, 0.717) is 30.0 Å².